The first kappa shape index (κ1) is 15.6. The van der Waals surface area contributed by atoms with Crippen molar-refractivity contribution in [2.24, 2.45) is 0 Å². The molecule has 1 rings (SSSR count). The van der Waals surface area contributed by atoms with Crippen LogP contribution in [0.15, 0.2) is 18.3 Å². The summed E-state index contributed by atoms with van der Waals surface area (Å²) >= 11 is 0. The summed E-state index contributed by atoms with van der Waals surface area (Å²) in [7, 11) is 0. The van der Waals surface area contributed by atoms with Crippen molar-refractivity contribution in [2.45, 2.75) is 31.6 Å². The molecule has 0 fully saturated rings. The third-order valence-electron chi connectivity index (χ3n) is 2.20. The van der Waals surface area contributed by atoms with Crippen molar-refractivity contribution in [1.82, 2.24) is 4.98 Å². The molecule has 0 unspecified atom stereocenters. The van der Waals surface area contributed by atoms with Crippen LogP contribution in [0.4, 0.5) is 26.3 Å². The Balaban J connectivity index is 2.99. The first-order valence-corrected chi connectivity index (χ1v) is 5.38. The third kappa shape index (κ3) is 4.29. The molecule has 8 heteroatoms. The average Bonchev–Trinajstić information content (AvgIpc) is 2.24. The molecular weight excluding hydrogens is 276 g/mol. The Hall–Kier alpha value is -1.47. The van der Waals surface area contributed by atoms with Gasteiger partial charge in [-0.2, -0.15) is 26.3 Å². The SMILES string of the molecule is CCCOc1ccc(C(C(F)(F)F)C(F)(F)F)cn1. The van der Waals surface area contributed by atoms with Gasteiger partial charge in [0.25, 0.3) is 0 Å². The predicted molar refractivity (Wildman–Crippen MR) is 54.9 cm³/mol. The quantitative estimate of drug-likeness (QED) is 0.778. The van der Waals surface area contributed by atoms with Crippen LogP contribution in [-0.2, 0) is 0 Å². The Morgan fingerprint density at radius 1 is 1.11 bits per heavy atom. The molecule has 1 heterocycles. The van der Waals surface area contributed by atoms with E-state index in [1.165, 1.54) is 0 Å². The fourth-order valence-corrected chi connectivity index (χ4v) is 1.42. The molecule has 0 atom stereocenters. The fraction of sp³-hybridized carbons (Fsp3) is 0.545. The Labute approximate surface area is 105 Å². The zero-order chi connectivity index (χ0) is 14.7. The van der Waals surface area contributed by atoms with Gasteiger partial charge in [-0.3, -0.25) is 0 Å². The van der Waals surface area contributed by atoms with Gasteiger partial charge in [0, 0.05) is 12.3 Å². The van der Waals surface area contributed by atoms with Gasteiger partial charge in [0.1, 0.15) is 0 Å². The van der Waals surface area contributed by atoms with Crippen LogP contribution in [0, 0.1) is 0 Å². The van der Waals surface area contributed by atoms with Crippen LogP contribution in [0.25, 0.3) is 0 Å². The van der Waals surface area contributed by atoms with E-state index in [-0.39, 0.29) is 12.5 Å². The monoisotopic (exact) mass is 287 g/mol. The summed E-state index contributed by atoms with van der Waals surface area (Å²) in [5, 5.41) is 0. The standard InChI is InChI=1S/C11H11F6NO/c1-2-5-19-8-4-3-7(6-18-8)9(10(12,13)14)11(15,16)17/h3-4,6,9H,2,5H2,1H3. The van der Waals surface area contributed by atoms with Crippen molar-refractivity contribution < 1.29 is 31.1 Å². The second kappa shape index (κ2) is 5.66. The van der Waals surface area contributed by atoms with Crippen LogP contribution >= 0.6 is 0 Å². The molecule has 0 aliphatic heterocycles. The molecule has 0 aliphatic carbocycles. The largest absolute Gasteiger partial charge is 0.478 e. The summed E-state index contributed by atoms with van der Waals surface area (Å²) in [6, 6.07) is 1.72. The van der Waals surface area contributed by atoms with E-state index in [1.54, 1.807) is 6.92 Å². The Kier molecular flexibility index (Phi) is 4.65. The number of alkyl halides is 6. The van der Waals surface area contributed by atoms with Crippen molar-refractivity contribution in [3.8, 4) is 5.88 Å². The van der Waals surface area contributed by atoms with E-state index in [1.807, 2.05) is 0 Å². The maximum atomic E-state index is 12.4. The van der Waals surface area contributed by atoms with Crippen molar-refractivity contribution in [3.05, 3.63) is 23.9 Å². The van der Waals surface area contributed by atoms with Crippen molar-refractivity contribution in [3.63, 3.8) is 0 Å². The normalized spacial score (nSPS) is 12.8. The number of ether oxygens (including phenoxy) is 1. The lowest BCUT2D eigenvalue weighted by atomic mass is 10.00. The highest BCUT2D eigenvalue weighted by Crippen LogP contribution is 2.46. The van der Waals surface area contributed by atoms with Crippen LogP contribution in [0.3, 0.4) is 0 Å². The molecule has 0 aliphatic rings. The van der Waals surface area contributed by atoms with Crippen LogP contribution in [0.5, 0.6) is 5.88 Å². The van der Waals surface area contributed by atoms with E-state index in [0.717, 1.165) is 12.1 Å². The lowest BCUT2D eigenvalue weighted by Gasteiger charge is -2.23. The van der Waals surface area contributed by atoms with E-state index in [0.29, 0.717) is 12.6 Å². The second-order valence-electron chi connectivity index (χ2n) is 3.79. The Bertz CT molecular complexity index is 383. The molecule has 1 aromatic rings. The molecule has 2 nitrogen and oxygen atoms in total. The van der Waals surface area contributed by atoms with Crippen LogP contribution in [-0.4, -0.2) is 23.9 Å². The first-order valence-electron chi connectivity index (χ1n) is 5.38. The molecule has 0 aromatic carbocycles. The number of aromatic nitrogens is 1. The number of rotatable bonds is 4. The van der Waals surface area contributed by atoms with Gasteiger partial charge in [-0.05, 0) is 12.0 Å². The molecule has 0 spiro atoms. The van der Waals surface area contributed by atoms with Crippen LogP contribution in [0.2, 0.25) is 0 Å². The molecule has 19 heavy (non-hydrogen) atoms. The van der Waals surface area contributed by atoms with Crippen LogP contribution < -0.4 is 4.74 Å². The zero-order valence-corrected chi connectivity index (χ0v) is 9.85. The first-order chi connectivity index (χ1) is 8.66. The molecule has 108 valence electrons. The smallest absolute Gasteiger partial charge is 0.404 e. The van der Waals surface area contributed by atoms with Crippen molar-refractivity contribution in [2.75, 3.05) is 6.61 Å². The molecule has 0 radical (unpaired) electrons. The van der Waals surface area contributed by atoms with E-state index in [9.17, 15) is 26.3 Å². The number of hydrogen-bond donors (Lipinski definition) is 0. The fourth-order valence-electron chi connectivity index (χ4n) is 1.42. The lowest BCUT2D eigenvalue weighted by molar-refractivity contribution is -0.253. The summed E-state index contributed by atoms with van der Waals surface area (Å²) < 4.78 is 79.5. The minimum atomic E-state index is -5.41. The summed E-state index contributed by atoms with van der Waals surface area (Å²) in [6.45, 7) is 2.09. The predicted octanol–water partition coefficient (Wildman–Crippen LogP) is 4.08. The Morgan fingerprint density at radius 3 is 2.05 bits per heavy atom. The van der Waals surface area contributed by atoms with Gasteiger partial charge in [0.2, 0.25) is 5.88 Å². The molecule has 0 saturated carbocycles. The van der Waals surface area contributed by atoms with Gasteiger partial charge in [-0.15, -0.1) is 0 Å². The Morgan fingerprint density at radius 2 is 1.68 bits per heavy atom. The highest BCUT2D eigenvalue weighted by Gasteiger charge is 2.57. The molecular formula is C11H11F6NO. The zero-order valence-electron chi connectivity index (χ0n) is 9.85. The van der Waals surface area contributed by atoms with Gasteiger partial charge >= 0.3 is 12.4 Å². The minimum Gasteiger partial charge on any atom is -0.478 e. The van der Waals surface area contributed by atoms with Gasteiger partial charge in [0.05, 0.1) is 6.61 Å². The third-order valence-corrected chi connectivity index (χ3v) is 2.20. The van der Waals surface area contributed by atoms with Gasteiger partial charge in [-0.1, -0.05) is 13.0 Å². The summed E-state index contributed by atoms with van der Waals surface area (Å²) in [5.74, 6) is -3.54. The second-order valence-corrected chi connectivity index (χ2v) is 3.79. The molecule has 0 amide bonds. The average molecular weight is 287 g/mol. The maximum absolute atomic E-state index is 12.4. The van der Waals surface area contributed by atoms with Crippen molar-refractivity contribution in [1.29, 1.82) is 0 Å². The summed E-state index contributed by atoms with van der Waals surface area (Å²) in [5.41, 5.74) is -0.955. The summed E-state index contributed by atoms with van der Waals surface area (Å²) in [6.07, 6.45) is -9.63. The number of nitrogens with zero attached hydrogens (tertiary/aromatic N) is 1. The van der Waals surface area contributed by atoms with E-state index < -0.39 is 23.8 Å². The number of pyridine rings is 1. The lowest BCUT2D eigenvalue weighted by Crippen LogP contribution is -2.34. The van der Waals surface area contributed by atoms with Crippen LogP contribution in [0.1, 0.15) is 24.8 Å². The van der Waals surface area contributed by atoms with Gasteiger partial charge in [-0.25, -0.2) is 4.98 Å². The highest BCUT2D eigenvalue weighted by atomic mass is 19.4. The molecule has 1 aromatic heterocycles. The number of halogens is 6. The minimum absolute atomic E-state index is 0.00583. The highest BCUT2D eigenvalue weighted by molar-refractivity contribution is 5.24. The number of hydrogen-bond acceptors (Lipinski definition) is 2. The molecule has 0 N–H and O–H groups in total. The molecule has 0 bridgehead atoms. The van der Waals surface area contributed by atoms with Gasteiger partial charge in [0.15, 0.2) is 5.92 Å². The van der Waals surface area contributed by atoms with E-state index in [2.05, 4.69) is 4.98 Å². The maximum Gasteiger partial charge on any atom is 0.404 e. The van der Waals surface area contributed by atoms with E-state index >= 15 is 0 Å². The molecule has 0 saturated heterocycles. The van der Waals surface area contributed by atoms with Gasteiger partial charge < -0.3 is 4.74 Å². The van der Waals surface area contributed by atoms with Crippen molar-refractivity contribution >= 4 is 0 Å². The topological polar surface area (TPSA) is 22.1 Å². The summed E-state index contributed by atoms with van der Waals surface area (Å²) in [4.78, 5) is 3.44. The van der Waals surface area contributed by atoms with E-state index in [4.69, 9.17) is 4.74 Å².